The first kappa shape index (κ1) is 12.4. The van der Waals surface area contributed by atoms with Gasteiger partial charge in [0.1, 0.15) is 0 Å². The smallest absolute Gasteiger partial charge is 0.251 e. The first-order chi connectivity index (χ1) is 7.10. The molecule has 1 aliphatic rings. The molecule has 0 aromatic heterocycles. The molecule has 5 nitrogen and oxygen atoms in total. The summed E-state index contributed by atoms with van der Waals surface area (Å²) in [6.45, 7) is 5.42. The van der Waals surface area contributed by atoms with E-state index in [-0.39, 0.29) is 24.0 Å². The van der Waals surface area contributed by atoms with Crippen LogP contribution >= 0.6 is 0 Å². The van der Waals surface area contributed by atoms with Crippen molar-refractivity contribution in [2.45, 2.75) is 38.8 Å². The number of amides is 1. The van der Waals surface area contributed by atoms with Gasteiger partial charge in [-0.2, -0.15) is 0 Å². The number of hydrogen-bond acceptors (Lipinski definition) is 4. The molecule has 5 heteroatoms. The van der Waals surface area contributed by atoms with Crippen molar-refractivity contribution in [3.63, 3.8) is 0 Å². The molecular formula is C10H21N3O2. The molecule has 1 saturated heterocycles. The minimum absolute atomic E-state index is 0.135. The Bertz CT molecular complexity index is 221. The first-order valence-electron chi connectivity index (χ1n) is 5.52. The molecule has 0 radical (unpaired) electrons. The van der Waals surface area contributed by atoms with Gasteiger partial charge in [-0.05, 0) is 32.2 Å². The van der Waals surface area contributed by atoms with Gasteiger partial charge in [-0.15, -0.1) is 0 Å². The molecule has 3 atom stereocenters. The van der Waals surface area contributed by atoms with Gasteiger partial charge in [-0.1, -0.05) is 6.92 Å². The molecule has 0 aromatic carbocycles. The monoisotopic (exact) mass is 215 g/mol. The van der Waals surface area contributed by atoms with Crippen LogP contribution in [0.15, 0.2) is 0 Å². The predicted molar refractivity (Wildman–Crippen MR) is 57.8 cm³/mol. The molecule has 3 unspecified atom stereocenters. The Labute approximate surface area is 90.6 Å². The van der Waals surface area contributed by atoms with Crippen LogP contribution in [0.4, 0.5) is 0 Å². The molecule has 0 aromatic rings. The summed E-state index contributed by atoms with van der Waals surface area (Å²) in [5.41, 5.74) is 2.19. The molecule has 1 amide bonds. The first-order valence-corrected chi connectivity index (χ1v) is 5.52. The molecular weight excluding hydrogens is 194 g/mol. The van der Waals surface area contributed by atoms with Crippen molar-refractivity contribution in [2.75, 3.05) is 13.1 Å². The van der Waals surface area contributed by atoms with Crippen LogP contribution in [0.2, 0.25) is 0 Å². The van der Waals surface area contributed by atoms with E-state index in [0.717, 1.165) is 25.9 Å². The van der Waals surface area contributed by atoms with E-state index >= 15 is 0 Å². The van der Waals surface area contributed by atoms with Gasteiger partial charge in [-0.25, -0.2) is 5.84 Å². The van der Waals surface area contributed by atoms with Crippen molar-refractivity contribution in [1.29, 1.82) is 0 Å². The van der Waals surface area contributed by atoms with Crippen molar-refractivity contribution < 1.29 is 9.90 Å². The molecule has 1 heterocycles. The van der Waals surface area contributed by atoms with Crippen LogP contribution in [-0.2, 0) is 4.79 Å². The van der Waals surface area contributed by atoms with Crippen LogP contribution in [-0.4, -0.2) is 41.1 Å². The average Bonchev–Trinajstić information content (AvgIpc) is 2.68. The van der Waals surface area contributed by atoms with E-state index in [4.69, 9.17) is 5.84 Å². The number of aliphatic hydroxyl groups excluding tert-OH is 1. The van der Waals surface area contributed by atoms with E-state index < -0.39 is 0 Å². The molecule has 4 N–H and O–H groups in total. The number of likely N-dealkylation sites (tertiary alicyclic amines) is 1. The Morgan fingerprint density at radius 2 is 2.40 bits per heavy atom. The van der Waals surface area contributed by atoms with Gasteiger partial charge in [0.15, 0.2) is 0 Å². The normalized spacial score (nSPS) is 26.3. The van der Waals surface area contributed by atoms with Gasteiger partial charge in [0.05, 0.1) is 12.1 Å². The van der Waals surface area contributed by atoms with Gasteiger partial charge in [-0.3, -0.25) is 15.1 Å². The van der Waals surface area contributed by atoms with Crippen LogP contribution in [0.5, 0.6) is 0 Å². The van der Waals surface area contributed by atoms with Gasteiger partial charge < -0.3 is 5.11 Å². The second kappa shape index (κ2) is 5.44. The maximum Gasteiger partial charge on any atom is 0.251 e. The van der Waals surface area contributed by atoms with Crippen LogP contribution in [0, 0.1) is 5.92 Å². The quantitative estimate of drug-likeness (QED) is 0.334. The van der Waals surface area contributed by atoms with Gasteiger partial charge in [0.25, 0.3) is 5.91 Å². The Balaban J connectivity index is 2.54. The van der Waals surface area contributed by atoms with E-state index in [1.807, 2.05) is 6.92 Å². The fourth-order valence-corrected chi connectivity index (χ4v) is 2.20. The third-order valence-corrected chi connectivity index (χ3v) is 3.21. The van der Waals surface area contributed by atoms with Crippen molar-refractivity contribution in [2.24, 2.45) is 11.8 Å². The molecule has 0 aliphatic carbocycles. The minimum atomic E-state index is -0.298. The molecule has 1 rings (SSSR count). The number of hydrazine groups is 1. The van der Waals surface area contributed by atoms with Crippen LogP contribution in [0.1, 0.15) is 26.7 Å². The van der Waals surface area contributed by atoms with E-state index in [0.29, 0.717) is 0 Å². The third-order valence-electron chi connectivity index (χ3n) is 3.21. The summed E-state index contributed by atoms with van der Waals surface area (Å²) < 4.78 is 0. The standard InChI is InChI=1S/C10H21N3O2/c1-3-9(10(15)12-11)13-5-4-8(6-13)7(2)14/h7-9,14H,3-6,11H2,1-2H3,(H,12,15). The summed E-state index contributed by atoms with van der Waals surface area (Å²) >= 11 is 0. The van der Waals surface area contributed by atoms with Crippen molar-refractivity contribution in [3.05, 3.63) is 0 Å². The van der Waals surface area contributed by atoms with Crippen LogP contribution in [0.25, 0.3) is 0 Å². The van der Waals surface area contributed by atoms with Crippen molar-refractivity contribution in [3.8, 4) is 0 Å². The van der Waals surface area contributed by atoms with Gasteiger partial charge >= 0.3 is 0 Å². The highest BCUT2D eigenvalue weighted by Crippen LogP contribution is 2.22. The zero-order valence-corrected chi connectivity index (χ0v) is 9.44. The number of aliphatic hydroxyl groups is 1. The molecule has 15 heavy (non-hydrogen) atoms. The molecule has 88 valence electrons. The van der Waals surface area contributed by atoms with Gasteiger partial charge in [0, 0.05) is 6.54 Å². The summed E-state index contributed by atoms with van der Waals surface area (Å²) in [5.74, 6) is 5.28. The number of nitrogens with two attached hydrogens (primary N) is 1. The maximum absolute atomic E-state index is 11.5. The van der Waals surface area contributed by atoms with Crippen LogP contribution in [0.3, 0.4) is 0 Å². The lowest BCUT2D eigenvalue weighted by molar-refractivity contribution is -0.126. The lowest BCUT2D eigenvalue weighted by Crippen LogP contribution is -2.48. The largest absolute Gasteiger partial charge is 0.393 e. The zero-order chi connectivity index (χ0) is 11.4. The van der Waals surface area contributed by atoms with E-state index in [9.17, 15) is 9.90 Å². The Hall–Kier alpha value is -0.650. The second-order valence-corrected chi connectivity index (χ2v) is 4.22. The van der Waals surface area contributed by atoms with Crippen molar-refractivity contribution in [1.82, 2.24) is 10.3 Å². The average molecular weight is 215 g/mol. The molecule has 0 spiro atoms. The third kappa shape index (κ3) is 2.90. The SMILES string of the molecule is CCC(C(=O)NN)N1CCC(C(C)O)C1. The summed E-state index contributed by atoms with van der Waals surface area (Å²) in [4.78, 5) is 13.6. The highest BCUT2D eigenvalue weighted by Gasteiger charge is 2.32. The molecule has 0 saturated carbocycles. The van der Waals surface area contributed by atoms with Crippen LogP contribution < -0.4 is 11.3 Å². The van der Waals surface area contributed by atoms with Gasteiger partial charge in [0.2, 0.25) is 0 Å². The van der Waals surface area contributed by atoms with E-state index in [1.165, 1.54) is 0 Å². The van der Waals surface area contributed by atoms with E-state index in [1.54, 1.807) is 6.92 Å². The Morgan fingerprint density at radius 1 is 1.73 bits per heavy atom. The predicted octanol–water partition coefficient (Wildman–Crippen LogP) is -0.542. The minimum Gasteiger partial charge on any atom is -0.393 e. The second-order valence-electron chi connectivity index (χ2n) is 4.22. The van der Waals surface area contributed by atoms with E-state index in [2.05, 4.69) is 10.3 Å². The Kier molecular flexibility index (Phi) is 4.50. The maximum atomic E-state index is 11.5. The lowest BCUT2D eigenvalue weighted by atomic mass is 10.0. The number of carbonyl (C=O) groups is 1. The number of rotatable bonds is 4. The number of nitrogens with zero attached hydrogens (tertiary/aromatic N) is 1. The zero-order valence-electron chi connectivity index (χ0n) is 9.44. The summed E-state index contributed by atoms with van der Waals surface area (Å²) in [5, 5.41) is 9.47. The molecule has 1 fully saturated rings. The fraction of sp³-hybridized carbons (Fsp3) is 0.900. The summed E-state index contributed by atoms with van der Waals surface area (Å²) in [6.07, 6.45) is 1.40. The topological polar surface area (TPSA) is 78.6 Å². The number of hydrogen-bond donors (Lipinski definition) is 3. The summed E-state index contributed by atoms with van der Waals surface area (Å²) in [6, 6.07) is -0.154. The molecule has 0 bridgehead atoms. The number of nitrogens with one attached hydrogen (secondary N) is 1. The lowest BCUT2D eigenvalue weighted by Gasteiger charge is -2.25. The fourth-order valence-electron chi connectivity index (χ4n) is 2.20. The Morgan fingerprint density at radius 3 is 2.80 bits per heavy atom. The highest BCUT2D eigenvalue weighted by atomic mass is 16.3. The molecule has 1 aliphatic heterocycles. The highest BCUT2D eigenvalue weighted by molar-refractivity contribution is 5.81. The summed E-state index contributed by atoms with van der Waals surface area (Å²) in [7, 11) is 0. The van der Waals surface area contributed by atoms with Crippen molar-refractivity contribution >= 4 is 5.91 Å². The number of carbonyl (C=O) groups excluding carboxylic acids is 1.